The molecule has 6 heavy (non-hydrogen) atoms. The first-order valence-electron chi connectivity index (χ1n) is 2.21. The minimum atomic E-state index is 0. The van der Waals surface area contributed by atoms with E-state index in [2.05, 4.69) is 13.8 Å². The highest BCUT2D eigenvalue weighted by Crippen LogP contribution is 1.87. The fourth-order valence-electron chi connectivity index (χ4n) is 0.250. The average molecular weight is 108 g/mol. The highest BCUT2D eigenvalue weighted by Gasteiger charge is 1.68. The van der Waals surface area contributed by atoms with E-state index in [1.807, 2.05) is 0 Å². The highest BCUT2D eigenvalue weighted by molar-refractivity contribution is 5.85. The van der Waals surface area contributed by atoms with Crippen LogP contribution >= 0.6 is 12.4 Å². The van der Waals surface area contributed by atoms with E-state index in [0.29, 0.717) is 0 Å². The first-order valence-corrected chi connectivity index (χ1v) is 2.21. The number of hydrogen-bond acceptors (Lipinski definition) is 0. The van der Waals surface area contributed by atoms with Crippen molar-refractivity contribution in [1.29, 1.82) is 0 Å². The Hall–Kier alpha value is 0.290. The lowest BCUT2D eigenvalue weighted by molar-refractivity contribution is 0.813. The van der Waals surface area contributed by atoms with E-state index in [-0.39, 0.29) is 12.4 Å². The molecule has 0 fully saturated rings. The molecule has 0 N–H and O–H groups in total. The third-order valence-corrected chi connectivity index (χ3v) is 0.604. The van der Waals surface area contributed by atoms with Gasteiger partial charge >= 0.3 is 0 Å². The van der Waals surface area contributed by atoms with Gasteiger partial charge in [-0.15, -0.1) is 12.4 Å². The van der Waals surface area contributed by atoms with Gasteiger partial charge in [-0.25, -0.2) is 0 Å². The average Bonchev–Trinajstić information content (AvgIpc) is 1.41. The summed E-state index contributed by atoms with van der Waals surface area (Å²) in [6, 6.07) is 0. The van der Waals surface area contributed by atoms with Crippen molar-refractivity contribution in [1.82, 2.24) is 0 Å². The molecule has 0 aliphatic carbocycles. The summed E-state index contributed by atoms with van der Waals surface area (Å²) in [6.07, 6.45) is 3.65. The maximum absolute atomic E-state index is 3.68. The van der Waals surface area contributed by atoms with Gasteiger partial charge in [0.1, 0.15) is 0 Å². The van der Waals surface area contributed by atoms with Crippen molar-refractivity contribution in [2.75, 3.05) is 0 Å². The second kappa shape index (κ2) is 8.99. The lowest BCUT2D eigenvalue weighted by Crippen LogP contribution is -1.59. The summed E-state index contributed by atoms with van der Waals surface area (Å²) in [6.45, 7) is 5.85. The van der Waals surface area contributed by atoms with Gasteiger partial charge in [-0.2, -0.15) is 0 Å². The van der Waals surface area contributed by atoms with Gasteiger partial charge in [-0.05, 0) is 0 Å². The maximum atomic E-state index is 3.68. The van der Waals surface area contributed by atoms with Crippen LogP contribution in [0.2, 0.25) is 0 Å². The molecular formula is C5H12Cl. The van der Waals surface area contributed by atoms with Crippen LogP contribution in [-0.4, -0.2) is 0 Å². The Morgan fingerprint density at radius 3 is 2.00 bits per heavy atom. The van der Waals surface area contributed by atoms with Gasteiger partial charge in [-0.1, -0.05) is 33.1 Å². The van der Waals surface area contributed by atoms with Crippen LogP contribution < -0.4 is 0 Å². The van der Waals surface area contributed by atoms with Crippen LogP contribution in [-0.2, 0) is 0 Å². The summed E-state index contributed by atoms with van der Waals surface area (Å²) >= 11 is 0. The Bertz CT molecular complexity index is 11.4. The molecule has 1 radical (unpaired) electrons. The van der Waals surface area contributed by atoms with Gasteiger partial charge in [0.25, 0.3) is 0 Å². The third-order valence-electron chi connectivity index (χ3n) is 0.604. The summed E-state index contributed by atoms with van der Waals surface area (Å²) in [7, 11) is 0. The summed E-state index contributed by atoms with van der Waals surface area (Å²) in [5.41, 5.74) is 0. The second-order valence-electron chi connectivity index (χ2n) is 1.21. The Morgan fingerprint density at radius 2 is 2.00 bits per heavy atom. The van der Waals surface area contributed by atoms with Crippen molar-refractivity contribution in [2.24, 2.45) is 0 Å². The molecule has 0 heterocycles. The lowest BCUT2D eigenvalue weighted by atomic mass is 10.3. The summed E-state index contributed by atoms with van der Waals surface area (Å²) < 4.78 is 0. The van der Waals surface area contributed by atoms with Crippen LogP contribution in [0.5, 0.6) is 0 Å². The van der Waals surface area contributed by atoms with Crippen molar-refractivity contribution in [3.05, 3.63) is 6.92 Å². The van der Waals surface area contributed by atoms with Crippen LogP contribution in [0, 0.1) is 6.92 Å². The van der Waals surface area contributed by atoms with Crippen molar-refractivity contribution >= 4 is 12.4 Å². The molecule has 0 aromatic rings. The molecule has 0 saturated heterocycles. The molecule has 0 rings (SSSR count). The predicted molar refractivity (Wildman–Crippen MR) is 32.1 cm³/mol. The van der Waals surface area contributed by atoms with E-state index < -0.39 is 0 Å². The normalized spacial score (nSPS) is 7.00. The fourth-order valence-corrected chi connectivity index (χ4v) is 0.250. The minimum absolute atomic E-state index is 0. The largest absolute Gasteiger partial charge is 0.147 e. The molecule has 0 aliphatic heterocycles. The van der Waals surface area contributed by atoms with Crippen molar-refractivity contribution in [3.63, 3.8) is 0 Å². The molecule has 0 aromatic heterocycles. The Balaban J connectivity index is 0. The van der Waals surface area contributed by atoms with Crippen molar-refractivity contribution < 1.29 is 0 Å². The Morgan fingerprint density at radius 1 is 1.50 bits per heavy atom. The second-order valence-corrected chi connectivity index (χ2v) is 1.21. The van der Waals surface area contributed by atoms with Gasteiger partial charge < -0.3 is 0 Å². The molecule has 0 saturated carbocycles. The van der Waals surface area contributed by atoms with Crippen LogP contribution in [0.15, 0.2) is 0 Å². The highest BCUT2D eigenvalue weighted by atomic mass is 35.5. The van der Waals surface area contributed by atoms with E-state index in [4.69, 9.17) is 0 Å². The van der Waals surface area contributed by atoms with Crippen LogP contribution in [0.3, 0.4) is 0 Å². The molecule has 0 atom stereocenters. The molecule has 39 valence electrons. The SMILES string of the molecule is Cl.[CH2]CCCC. The van der Waals surface area contributed by atoms with E-state index >= 15 is 0 Å². The number of rotatable bonds is 2. The minimum Gasteiger partial charge on any atom is -0.147 e. The van der Waals surface area contributed by atoms with Crippen molar-refractivity contribution in [3.8, 4) is 0 Å². The predicted octanol–water partition coefficient (Wildman–Crippen LogP) is 2.43. The molecular weight excluding hydrogens is 95.5 g/mol. The number of halogens is 1. The van der Waals surface area contributed by atoms with Gasteiger partial charge in [0.15, 0.2) is 0 Å². The van der Waals surface area contributed by atoms with Gasteiger partial charge in [0.05, 0.1) is 0 Å². The Kier molecular flexibility index (Phi) is 14.3. The topological polar surface area (TPSA) is 0 Å². The molecule has 0 unspecified atom stereocenters. The Labute approximate surface area is 46.4 Å². The number of unbranched alkanes of at least 4 members (excludes halogenated alkanes) is 2. The van der Waals surface area contributed by atoms with E-state index in [1.54, 1.807) is 0 Å². The standard InChI is InChI=1S/C5H11.ClH/c1-3-5-4-2;/h1,3-5H2,2H3;1H. The van der Waals surface area contributed by atoms with Crippen LogP contribution in [0.1, 0.15) is 26.2 Å². The van der Waals surface area contributed by atoms with Gasteiger partial charge in [-0.3, -0.25) is 0 Å². The molecule has 0 aliphatic rings. The maximum Gasteiger partial charge on any atom is -0.0533 e. The first-order chi connectivity index (χ1) is 2.41. The van der Waals surface area contributed by atoms with Gasteiger partial charge in [0.2, 0.25) is 0 Å². The monoisotopic (exact) mass is 107 g/mol. The zero-order chi connectivity index (χ0) is 4.12. The zero-order valence-corrected chi connectivity index (χ0v) is 5.05. The smallest absolute Gasteiger partial charge is 0.0533 e. The lowest BCUT2D eigenvalue weighted by Gasteiger charge is -1.79. The van der Waals surface area contributed by atoms with E-state index in [1.165, 1.54) is 12.8 Å². The molecule has 0 nitrogen and oxygen atoms in total. The molecule has 0 bridgehead atoms. The number of hydrogen-bond donors (Lipinski definition) is 0. The molecule has 1 heteroatoms. The zero-order valence-electron chi connectivity index (χ0n) is 4.24. The molecule has 0 aromatic carbocycles. The van der Waals surface area contributed by atoms with E-state index in [9.17, 15) is 0 Å². The molecule has 0 spiro atoms. The summed E-state index contributed by atoms with van der Waals surface area (Å²) in [5.74, 6) is 0. The quantitative estimate of drug-likeness (QED) is 0.509. The van der Waals surface area contributed by atoms with Crippen LogP contribution in [0.4, 0.5) is 0 Å². The van der Waals surface area contributed by atoms with Crippen LogP contribution in [0.25, 0.3) is 0 Å². The summed E-state index contributed by atoms with van der Waals surface area (Å²) in [4.78, 5) is 0. The van der Waals surface area contributed by atoms with Gasteiger partial charge in [0, 0.05) is 0 Å². The summed E-state index contributed by atoms with van der Waals surface area (Å²) in [5, 5.41) is 0. The third kappa shape index (κ3) is 8.85. The first kappa shape index (κ1) is 9.56. The van der Waals surface area contributed by atoms with Crippen molar-refractivity contribution in [2.45, 2.75) is 26.2 Å². The molecule has 0 amide bonds. The van der Waals surface area contributed by atoms with E-state index in [0.717, 1.165) is 6.42 Å². The fraction of sp³-hybridized carbons (Fsp3) is 0.800.